The molecule has 3 aromatic rings. The molecule has 0 bridgehead atoms. The van der Waals surface area contributed by atoms with E-state index in [1.807, 2.05) is 43.3 Å². The highest BCUT2D eigenvalue weighted by atomic mass is 32.2. The Hall–Kier alpha value is -2.37. The van der Waals surface area contributed by atoms with Gasteiger partial charge in [-0.15, -0.1) is 0 Å². The lowest BCUT2D eigenvalue weighted by Gasteiger charge is -2.12. The van der Waals surface area contributed by atoms with E-state index in [2.05, 4.69) is 10.6 Å². The number of benzene rings is 2. The van der Waals surface area contributed by atoms with Crippen molar-refractivity contribution in [3.63, 3.8) is 0 Å². The van der Waals surface area contributed by atoms with Crippen LogP contribution < -0.4 is 5.14 Å². The van der Waals surface area contributed by atoms with Crippen molar-refractivity contribution in [1.82, 2.24) is 4.57 Å². The lowest BCUT2D eigenvalue weighted by atomic mass is 10.1. The molecule has 0 aliphatic heterocycles. The van der Waals surface area contributed by atoms with Gasteiger partial charge in [-0.05, 0) is 42.8 Å². The van der Waals surface area contributed by atoms with Crippen molar-refractivity contribution in [3.8, 4) is 16.9 Å². The molecule has 0 amide bonds. The van der Waals surface area contributed by atoms with E-state index in [0.29, 0.717) is 0 Å². The Labute approximate surface area is 129 Å². The maximum Gasteiger partial charge on any atom is 0.238 e. The summed E-state index contributed by atoms with van der Waals surface area (Å²) in [5.74, 6) is 0. The normalized spacial score (nSPS) is 11.5. The summed E-state index contributed by atoms with van der Waals surface area (Å²) in [5.41, 5.74) is 3.90. The first-order chi connectivity index (χ1) is 10.5. The number of hydrogen-bond donors (Lipinski definition) is 1. The third-order valence-electron chi connectivity index (χ3n) is 3.49. The van der Waals surface area contributed by atoms with Gasteiger partial charge in [0.25, 0.3) is 0 Å². The fraction of sp³-hybridized carbons (Fsp3) is 0.0588. The summed E-state index contributed by atoms with van der Waals surface area (Å²) >= 11 is 0. The number of para-hydroxylation sites is 1. The summed E-state index contributed by atoms with van der Waals surface area (Å²) in [6.45, 7) is 2.02. The van der Waals surface area contributed by atoms with Crippen LogP contribution in [-0.4, -0.2) is 13.0 Å². The Morgan fingerprint density at radius 2 is 1.73 bits per heavy atom. The SMILES string of the molecule is Cc1ccc(-c2ccc(S(N)(=O)=O)cc2)n1-c1[c]cccc1. The van der Waals surface area contributed by atoms with Crippen molar-refractivity contribution in [3.05, 3.63) is 72.4 Å². The highest BCUT2D eigenvalue weighted by Crippen LogP contribution is 2.26. The number of nitrogens with zero attached hydrogens (tertiary/aromatic N) is 1. The van der Waals surface area contributed by atoms with Gasteiger partial charge in [0, 0.05) is 11.8 Å². The molecule has 3 rings (SSSR count). The maximum atomic E-state index is 11.3. The van der Waals surface area contributed by atoms with Gasteiger partial charge in [0.1, 0.15) is 0 Å². The second-order valence-corrected chi connectivity index (χ2v) is 6.57. The lowest BCUT2D eigenvalue weighted by Crippen LogP contribution is -2.11. The van der Waals surface area contributed by atoms with E-state index in [4.69, 9.17) is 5.14 Å². The highest BCUT2D eigenvalue weighted by molar-refractivity contribution is 7.89. The molecule has 0 aliphatic rings. The Bertz CT molecular complexity index is 896. The third kappa shape index (κ3) is 2.68. The summed E-state index contributed by atoms with van der Waals surface area (Å²) in [4.78, 5) is 0.109. The van der Waals surface area contributed by atoms with E-state index < -0.39 is 10.0 Å². The molecule has 0 atom stereocenters. The first-order valence-corrected chi connectivity index (χ1v) is 8.30. The number of rotatable bonds is 3. The number of nitrogens with two attached hydrogens (primary N) is 1. The molecule has 5 heteroatoms. The molecular formula is C17H15N2O2S. The van der Waals surface area contributed by atoms with Gasteiger partial charge in [0.15, 0.2) is 0 Å². The fourth-order valence-electron chi connectivity index (χ4n) is 2.42. The van der Waals surface area contributed by atoms with Gasteiger partial charge < -0.3 is 4.57 Å². The summed E-state index contributed by atoms with van der Waals surface area (Å²) in [6, 6.07) is 21.5. The van der Waals surface area contributed by atoms with Crippen molar-refractivity contribution in [1.29, 1.82) is 0 Å². The van der Waals surface area contributed by atoms with Gasteiger partial charge in [-0.25, -0.2) is 13.6 Å². The number of sulfonamides is 1. The molecule has 4 nitrogen and oxygen atoms in total. The van der Waals surface area contributed by atoms with Crippen LogP contribution in [0.5, 0.6) is 0 Å². The lowest BCUT2D eigenvalue weighted by molar-refractivity contribution is 0.598. The molecule has 0 aliphatic carbocycles. The first kappa shape index (κ1) is 14.6. The molecule has 0 unspecified atom stereocenters. The number of aromatic nitrogens is 1. The molecule has 0 spiro atoms. The molecule has 1 heterocycles. The molecule has 22 heavy (non-hydrogen) atoms. The molecule has 1 radical (unpaired) electrons. The van der Waals surface area contributed by atoms with Gasteiger partial charge in [-0.2, -0.15) is 0 Å². The van der Waals surface area contributed by atoms with E-state index in [1.54, 1.807) is 12.1 Å². The largest absolute Gasteiger partial charge is 0.313 e. The third-order valence-corrected chi connectivity index (χ3v) is 4.42. The van der Waals surface area contributed by atoms with Crippen molar-refractivity contribution >= 4 is 10.0 Å². The van der Waals surface area contributed by atoms with E-state index in [0.717, 1.165) is 22.6 Å². The van der Waals surface area contributed by atoms with Gasteiger partial charge in [-0.3, -0.25) is 0 Å². The van der Waals surface area contributed by atoms with Crippen LogP contribution in [0.25, 0.3) is 16.9 Å². The average Bonchev–Trinajstić information content (AvgIpc) is 2.89. The van der Waals surface area contributed by atoms with Crippen LogP contribution in [0.2, 0.25) is 0 Å². The number of primary sulfonamides is 1. The molecule has 2 N–H and O–H groups in total. The number of hydrogen-bond acceptors (Lipinski definition) is 2. The molecule has 0 fully saturated rings. The van der Waals surface area contributed by atoms with E-state index >= 15 is 0 Å². The minimum absolute atomic E-state index is 0.109. The van der Waals surface area contributed by atoms with Gasteiger partial charge >= 0.3 is 0 Å². The highest BCUT2D eigenvalue weighted by Gasteiger charge is 2.11. The summed E-state index contributed by atoms with van der Waals surface area (Å²) in [6.07, 6.45) is 0. The van der Waals surface area contributed by atoms with Crippen molar-refractivity contribution < 1.29 is 8.42 Å². The maximum absolute atomic E-state index is 11.3. The quantitative estimate of drug-likeness (QED) is 0.808. The number of aryl methyl sites for hydroxylation is 1. The van der Waals surface area contributed by atoms with Crippen LogP contribution in [-0.2, 0) is 10.0 Å². The van der Waals surface area contributed by atoms with Crippen LogP contribution >= 0.6 is 0 Å². The Balaban J connectivity index is 2.11. The Kier molecular flexibility index (Phi) is 3.60. The van der Waals surface area contributed by atoms with E-state index in [-0.39, 0.29) is 4.90 Å². The molecule has 111 valence electrons. The van der Waals surface area contributed by atoms with Crippen LogP contribution in [0.15, 0.2) is 65.6 Å². The second kappa shape index (κ2) is 5.44. The standard InChI is InChI=1S/C17H15N2O2S/c1-13-7-12-17(19(13)15-5-3-2-4-6-15)14-8-10-16(11-9-14)22(18,20)21/h2-5,7-12H,1H3,(H2,18,20,21). The zero-order valence-corrected chi connectivity index (χ0v) is 12.8. The monoisotopic (exact) mass is 311 g/mol. The predicted molar refractivity (Wildman–Crippen MR) is 86.2 cm³/mol. The van der Waals surface area contributed by atoms with Crippen molar-refractivity contribution in [2.75, 3.05) is 0 Å². The van der Waals surface area contributed by atoms with Gasteiger partial charge in [0.05, 0.1) is 16.3 Å². The second-order valence-electron chi connectivity index (χ2n) is 5.01. The van der Waals surface area contributed by atoms with E-state index in [1.165, 1.54) is 12.1 Å². The Morgan fingerprint density at radius 1 is 1.00 bits per heavy atom. The summed E-state index contributed by atoms with van der Waals surface area (Å²) in [7, 11) is -3.67. The summed E-state index contributed by atoms with van der Waals surface area (Å²) < 4.78 is 24.8. The zero-order valence-electron chi connectivity index (χ0n) is 12.0. The molecule has 0 saturated heterocycles. The zero-order chi connectivity index (χ0) is 15.7. The molecule has 1 aromatic heterocycles. The fourth-order valence-corrected chi connectivity index (χ4v) is 2.94. The molecular weight excluding hydrogens is 296 g/mol. The van der Waals surface area contributed by atoms with Gasteiger partial charge in [-0.1, -0.05) is 30.3 Å². The van der Waals surface area contributed by atoms with Crippen molar-refractivity contribution in [2.24, 2.45) is 5.14 Å². The summed E-state index contributed by atoms with van der Waals surface area (Å²) in [5, 5.41) is 5.13. The smallest absolute Gasteiger partial charge is 0.238 e. The topological polar surface area (TPSA) is 65.1 Å². The average molecular weight is 311 g/mol. The van der Waals surface area contributed by atoms with Crippen LogP contribution in [0, 0.1) is 13.0 Å². The van der Waals surface area contributed by atoms with Crippen LogP contribution in [0.3, 0.4) is 0 Å². The van der Waals surface area contributed by atoms with Crippen molar-refractivity contribution in [2.45, 2.75) is 11.8 Å². The minimum Gasteiger partial charge on any atom is -0.313 e. The van der Waals surface area contributed by atoms with Crippen LogP contribution in [0.1, 0.15) is 5.69 Å². The Morgan fingerprint density at radius 3 is 2.32 bits per heavy atom. The predicted octanol–water partition coefficient (Wildman–Crippen LogP) is 2.90. The first-order valence-electron chi connectivity index (χ1n) is 6.75. The molecule has 0 saturated carbocycles. The van der Waals surface area contributed by atoms with Gasteiger partial charge in [0.2, 0.25) is 10.0 Å². The van der Waals surface area contributed by atoms with Crippen LogP contribution in [0.4, 0.5) is 0 Å². The van der Waals surface area contributed by atoms with E-state index in [9.17, 15) is 8.42 Å². The minimum atomic E-state index is -3.67. The molecule has 2 aromatic carbocycles.